The van der Waals surface area contributed by atoms with Gasteiger partial charge in [0.15, 0.2) is 0 Å². The average Bonchev–Trinajstić information content (AvgIpc) is 3.69. The van der Waals surface area contributed by atoms with E-state index in [1.54, 1.807) is 0 Å². The fourth-order valence-corrected chi connectivity index (χ4v) is 8.89. The molecule has 10 rings (SSSR count). The molecule has 0 bridgehead atoms. The van der Waals surface area contributed by atoms with Gasteiger partial charge >= 0.3 is 0 Å². The highest BCUT2D eigenvalue weighted by Gasteiger charge is 2.38. The standard InChI is InChI=1S/C53H43NO/c1-52(2,3)37-27-31-44-46(33-37)53(4,5)45-20-13-19-43(51(44)45)40-17-8-10-21-48(40)54(47-22-12-15-35-14-6-7-16-39(35)47)38-28-24-34(25-29-38)36-26-30-42-41-18-9-11-23-49(41)55-50(42)32-36/h6-33H,1-5H3. The van der Waals surface area contributed by atoms with Crippen LogP contribution in [0.25, 0.3) is 66.1 Å². The van der Waals surface area contributed by atoms with Gasteiger partial charge in [-0.05, 0) is 97.8 Å². The Hall–Kier alpha value is -6.38. The van der Waals surface area contributed by atoms with Crippen LogP contribution in [0.2, 0.25) is 0 Å². The van der Waals surface area contributed by atoms with E-state index in [0.29, 0.717) is 0 Å². The summed E-state index contributed by atoms with van der Waals surface area (Å²) >= 11 is 0. The van der Waals surface area contributed by atoms with Crippen molar-refractivity contribution < 1.29 is 4.42 Å². The van der Waals surface area contributed by atoms with Crippen molar-refractivity contribution in [1.82, 2.24) is 0 Å². The summed E-state index contributed by atoms with van der Waals surface area (Å²) in [5.41, 5.74) is 16.7. The first kappa shape index (κ1) is 33.2. The molecule has 1 aliphatic carbocycles. The maximum atomic E-state index is 6.27. The summed E-state index contributed by atoms with van der Waals surface area (Å²) in [6.07, 6.45) is 0. The highest BCUT2D eigenvalue weighted by atomic mass is 16.3. The van der Waals surface area contributed by atoms with Crippen molar-refractivity contribution in [1.29, 1.82) is 0 Å². The Kier molecular flexibility index (Phi) is 7.44. The fourth-order valence-electron chi connectivity index (χ4n) is 8.89. The number of para-hydroxylation sites is 2. The maximum absolute atomic E-state index is 6.27. The van der Waals surface area contributed by atoms with Gasteiger partial charge in [-0.15, -0.1) is 0 Å². The molecule has 0 atom stereocenters. The molecule has 0 aliphatic heterocycles. The Bertz CT molecular complexity index is 2930. The molecule has 0 amide bonds. The van der Waals surface area contributed by atoms with E-state index >= 15 is 0 Å². The van der Waals surface area contributed by atoms with Crippen molar-refractivity contribution >= 4 is 49.8 Å². The predicted octanol–water partition coefficient (Wildman–Crippen LogP) is 15.1. The normalized spacial score (nSPS) is 13.3. The van der Waals surface area contributed by atoms with Crippen molar-refractivity contribution in [3.8, 4) is 33.4 Å². The number of furan rings is 1. The molecular formula is C53H43NO. The first-order valence-electron chi connectivity index (χ1n) is 19.3. The van der Waals surface area contributed by atoms with E-state index in [-0.39, 0.29) is 10.8 Å². The minimum Gasteiger partial charge on any atom is -0.456 e. The zero-order chi connectivity index (χ0) is 37.5. The van der Waals surface area contributed by atoms with Crippen molar-refractivity contribution in [2.24, 2.45) is 0 Å². The van der Waals surface area contributed by atoms with E-state index in [4.69, 9.17) is 4.42 Å². The van der Waals surface area contributed by atoms with Crippen LogP contribution in [0.4, 0.5) is 17.1 Å². The summed E-state index contributed by atoms with van der Waals surface area (Å²) in [5, 5.41) is 4.71. The van der Waals surface area contributed by atoms with Gasteiger partial charge in [0.1, 0.15) is 11.2 Å². The van der Waals surface area contributed by atoms with Gasteiger partial charge in [0.25, 0.3) is 0 Å². The monoisotopic (exact) mass is 709 g/mol. The third kappa shape index (κ3) is 5.31. The van der Waals surface area contributed by atoms with Gasteiger partial charge in [0.2, 0.25) is 0 Å². The van der Waals surface area contributed by atoms with Crippen LogP contribution >= 0.6 is 0 Å². The smallest absolute Gasteiger partial charge is 0.136 e. The second-order valence-corrected chi connectivity index (χ2v) is 16.6. The van der Waals surface area contributed by atoms with Gasteiger partial charge in [-0.1, -0.05) is 162 Å². The van der Waals surface area contributed by atoms with Crippen molar-refractivity contribution in [2.75, 3.05) is 4.90 Å². The summed E-state index contributed by atoms with van der Waals surface area (Å²) in [7, 11) is 0. The van der Waals surface area contributed by atoms with Gasteiger partial charge in [0, 0.05) is 32.8 Å². The van der Waals surface area contributed by atoms with Gasteiger partial charge in [-0.2, -0.15) is 0 Å². The molecule has 266 valence electrons. The maximum Gasteiger partial charge on any atom is 0.136 e. The van der Waals surface area contributed by atoms with E-state index < -0.39 is 0 Å². The fraction of sp³-hybridized carbons (Fsp3) is 0.132. The minimum absolute atomic E-state index is 0.0734. The van der Waals surface area contributed by atoms with Crippen LogP contribution in [0, 0.1) is 0 Å². The van der Waals surface area contributed by atoms with E-state index in [1.807, 2.05) is 12.1 Å². The molecule has 0 unspecified atom stereocenters. The molecular weight excluding hydrogens is 667 g/mol. The number of anilines is 3. The molecule has 0 saturated carbocycles. The third-order valence-corrected chi connectivity index (χ3v) is 11.8. The quantitative estimate of drug-likeness (QED) is 0.177. The highest BCUT2D eigenvalue weighted by molar-refractivity contribution is 6.06. The molecule has 0 fully saturated rings. The van der Waals surface area contributed by atoms with E-state index in [0.717, 1.165) is 50.1 Å². The molecule has 1 aliphatic rings. The zero-order valence-electron chi connectivity index (χ0n) is 32.0. The molecule has 0 spiro atoms. The van der Waals surface area contributed by atoms with E-state index in [1.165, 1.54) is 49.7 Å². The van der Waals surface area contributed by atoms with Crippen molar-refractivity contribution in [3.05, 3.63) is 187 Å². The SMILES string of the molecule is CC(C)(C)c1ccc2c(c1)C(C)(C)c1cccc(-c3ccccc3N(c3ccc(-c4ccc5c(c4)oc4ccccc45)cc3)c3cccc4ccccc34)c1-2. The summed E-state index contributed by atoms with van der Waals surface area (Å²) < 4.78 is 6.27. The van der Waals surface area contributed by atoms with Crippen LogP contribution in [0.3, 0.4) is 0 Å². The topological polar surface area (TPSA) is 16.4 Å². The Balaban J connectivity index is 1.15. The molecule has 1 heterocycles. The third-order valence-electron chi connectivity index (χ3n) is 11.8. The van der Waals surface area contributed by atoms with Gasteiger partial charge in [-0.25, -0.2) is 0 Å². The molecule has 1 aromatic heterocycles. The summed E-state index contributed by atoms with van der Waals surface area (Å²) in [6, 6.07) is 62.2. The molecule has 2 heteroatoms. The molecule has 9 aromatic rings. The lowest BCUT2D eigenvalue weighted by atomic mass is 9.79. The lowest BCUT2D eigenvalue weighted by molar-refractivity contribution is 0.584. The average molecular weight is 710 g/mol. The summed E-state index contributed by atoms with van der Waals surface area (Å²) in [5.74, 6) is 0. The van der Waals surface area contributed by atoms with Crippen LogP contribution in [0.15, 0.2) is 174 Å². The molecule has 55 heavy (non-hydrogen) atoms. The predicted molar refractivity (Wildman–Crippen MR) is 233 cm³/mol. The first-order valence-corrected chi connectivity index (χ1v) is 19.3. The van der Waals surface area contributed by atoms with Crippen LogP contribution in [-0.2, 0) is 10.8 Å². The number of rotatable bonds is 5. The lowest BCUT2D eigenvalue weighted by Crippen LogP contribution is -2.17. The van der Waals surface area contributed by atoms with Crippen molar-refractivity contribution in [3.63, 3.8) is 0 Å². The number of fused-ring (bicyclic) bond motifs is 7. The zero-order valence-corrected chi connectivity index (χ0v) is 32.0. The molecule has 0 radical (unpaired) electrons. The van der Waals surface area contributed by atoms with Crippen molar-refractivity contribution in [2.45, 2.75) is 45.4 Å². The molecule has 0 saturated heterocycles. The van der Waals surface area contributed by atoms with Crippen LogP contribution in [-0.4, -0.2) is 0 Å². The Morgan fingerprint density at radius 3 is 1.96 bits per heavy atom. The second kappa shape index (κ2) is 12.3. The van der Waals surface area contributed by atoms with Crippen LogP contribution < -0.4 is 4.90 Å². The first-order chi connectivity index (χ1) is 26.7. The van der Waals surface area contributed by atoms with E-state index in [9.17, 15) is 0 Å². The van der Waals surface area contributed by atoms with Gasteiger partial charge in [-0.3, -0.25) is 0 Å². The number of hydrogen-bond donors (Lipinski definition) is 0. The Morgan fingerprint density at radius 1 is 0.473 bits per heavy atom. The molecule has 0 N–H and O–H groups in total. The van der Waals surface area contributed by atoms with E-state index in [2.05, 4.69) is 197 Å². The number of hydrogen-bond acceptors (Lipinski definition) is 2. The largest absolute Gasteiger partial charge is 0.456 e. The molecule has 8 aromatic carbocycles. The lowest BCUT2D eigenvalue weighted by Gasteiger charge is -2.30. The van der Waals surface area contributed by atoms with Crippen LogP contribution in [0.1, 0.15) is 51.3 Å². The number of nitrogens with zero attached hydrogens (tertiary/aromatic N) is 1. The van der Waals surface area contributed by atoms with Gasteiger partial charge in [0.05, 0.1) is 11.4 Å². The summed E-state index contributed by atoms with van der Waals surface area (Å²) in [6.45, 7) is 11.7. The molecule has 2 nitrogen and oxygen atoms in total. The second-order valence-electron chi connectivity index (χ2n) is 16.6. The highest BCUT2D eigenvalue weighted by Crippen LogP contribution is 2.54. The van der Waals surface area contributed by atoms with Crippen LogP contribution in [0.5, 0.6) is 0 Å². The Morgan fingerprint density at radius 2 is 1.13 bits per heavy atom. The van der Waals surface area contributed by atoms with Gasteiger partial charge < -0.3 is 9.32 Å². The minimum atomic E-state index is -0.118. The summed E-state index contributed by atoms with van der Waals surface area (Å²) in [4.78, 5) is 2.45. The Labute approximate surface area is 323 Å². The number of benzene rings is 8.